The van der Waals surface area contributed by atoms with E-state index in [4.69, 9.17) is 0 Å². The third-order valence-electron chi connectivity index (χ3n) is 2.50. The molecular formula is C14H24Br2O6. The SMILES string of the molecule is Br.CCOC(=O)C(C)C(=O)CBr.CCOC(=O)C(C)C(C)=O. The summed E-state index contributed by atoms with van der Waals surface area (Å²) >= 11 is 2.98. The number of esters is 2. The lowest BCUT2D eigenvalue weighted by molar-refractivity contribution is -0.151. The van der Waals surface area contributed by atoms with Crippen LogP contribution < -0.4 is 0 Å². The van der Waals surface area contributed by atoms with E-state index >= 15 is 0 Å². The molecule has 0 aromatic carbocycles. The monoisotopic (exact) mass is 446 g/mol. The van der Waals surface area contributed by atoms with Gasteiger partial charge in [-0.25, -0.2) is 0 Å². The van der Waals surface area contributed by atoms with Crippen LogP contribution in [0.1, 0.15) is 34.6 Å². The fraction of sp³-hybridized carbons (Fsp3) is 0.714. The zero-order chi connectivity index (χ0) is 17.0. The van der Waals surface area contributed by atoms with E-state index in [9.17, 15) is 19.2 Å². The second-order valence-corrected chi connectivity index (χ2v) is 4.72. The number of carbonyl (C=O) groups is 4. The molecule has 0 aliphatic rings. The van der Waals surface area contributed by atoms with Gasteiger partial charge in [-0.1, -0.05) is 15.9 Å². The molecule has 0 bridgehead atoms. The molecule has 0 N–H and O–H groups in total. The molecule has 0 aliphatic carbocycles. The lowest BCUT2D eigenvalue weighted by Crippen LogP contribution is -2.23. The Morgan fingerprint density at radius 3 is 1.55 bits per heavy atom. The second kappa shape index (κ2) is 15.1. The summed E-state index contributed by atoms with van der Waals surface area (Å²) in [7, 11) is 0. The normalized spacial score (nSPS) is 11.7. The Bertz CT molecular complexity index is 370. The summed E-state index contributed by atoms with van der Waals surface area (Å²) in [6.07, 6.45) is 0. The van der Waals surface area contributed by atoms with Gasteiger partial charge in [-0.15, -0.1) is 17.0 Å². The summed E-state index contributed by atoms with van der Waals surface area (Å²) in [6, 6.07) is 0. The van der Waals surface area contributed by atoms with Gasteiger partial charge in [-0.3, -0.25) is 19.2 Å². The Labute approximate surface area is 150 Å². The summed E-state index contributed by atoms with van der Waals surface area (Å²) in [6.45, 7) is 8.53. The van der Waals surface area contributed by atoms with Crippen molar-refractivity contribution in [1.82, 2.24) is 0 Å². The maximum Gasteiger partial charge on any atom is 0.316 e. The van der Waals surface area contributed by atoms with Gasteiger partial charge in [0.2, 0.25) is 0 Å². The second-order valence-electron chi connectivity index (χ2n) is 4.16. The Kier molecular flexibility index (Phi) is 18.0. The molecule has 0 saturated carbocycles. The third-order valence-corrected chi connectivity index (χ3v) is 3.06. The van der Waals surface area contributed by atoms with E-state index in [1.807, 2.05) is 0 Å². The molecule has 2 unspecified atom stereocenters. The van der Waals surface area contributed by atoms with Crippen LogP contribution in [0.2, 0.25) is 0 Å². The lowest BCUT2D eigenvalue weighted by atomic mass is 10.1. The fourth-order valence-corrected chi connectivity index (χ4v) is 1.43. The predicted octanol–water partition coefficient (Wildman–Crippen LogP) is 2.50. The van der Waals surface area contributed by atoms with Crippen molar-refractivity contribution < 1.29 is 28.7 Å². The molecule has 0 aromatic heterocycles. The highest BCUT2D eigenvalue weighted by atomic mass is 79.9. The maximum absolute atomic E-state index is 10.9. The van der Waals surface area contributed by atoms with Crippen LogP contribution in [0.25, 0.3) is 0 Å². The molecule has 0 rings (SSSR count). The first-order chi connectivity index (χ1) is 9.72. The van der Waals surface area contributed by atoms with Crippen LogP contribution in [0.15, 0.2) is 0 Å². The van der Waals surface area contributed by atoms with Crippen molar-refractivity contribution in [2.24, 2.45) is 11.8 Å². The highest BCUT2D eigenvalue weighted by molar-refractivity contribution is 9.09. The minimum absolute atomic E-state index is 0. The van der Waals surface area contributed by atoms with Gasteiger partial charge in [-0.05, 0) is 34.6 Å². The Morgan fingerprint density at radius 2 is 1.27 bits per heavy atom. The molecule has 8 heteroatoms. The highest BCUT2D eigenvalue weighted by Gasteiger charge is 2.20. The van der Waals surface area contributed by atoms with Crippen LogP contribution in [0.3, 0.4) is 0 Å². The standard InChI is InChI=1S/C7H11BrO3.C7H12O3.BrH/c1-3-11-7(10)5(2)6(9)4-8;1-4-10-7(9)5(2)6(3)8;/h5H,3-4H2,1-2H3;5H,4H2,1-3H3;1H. The zero-order valence-electron chi connectivity index (χ0n) is 13.5. The van der Waals surface area contributed by atoms with Crippen LogP contribution >= 0.6 is 32.9 Å². The molecule has 0 radical (unpaired) electrons. The van der Waals surface area contributed by atoms with Crippen molar-refractivity contribution in [2.75, 3.05) is 18.5 Å². The molecule has 6 nitrogen and oxygen atoms in total. The zero-order valence-corrected chi connectivity index (χ0v) is 16.8. The van der Waals surface area contributed by atoms with Gasteiger partial charge in [0.15, 0.2) is 5.78 Å². The number of alkyl halides is 1. The number of carbonyl (C=O) groups excluding carboxylic acids is 4. The first-order valence-corrected chi connectivity index (χ1v) is 7.77. The summed E-state index contributed by atoms with van der Waals surface area (Å²) in [5.41, 5.74) is 0. The third kappa shape index (κ3) is 11.9. The molecule has 130 valence electrons. The summed E-state index contributed by atoms with van der Waals surface area (Å²) in [5, 5.41) is 0.201. The van der Waals surface area contributed by atoms with Crippen LogP contribution in [-0.4, -0.2) is 42.0 Å². The Balaban J connectivity index is -0.000000315. The lowest BCUT2D eigenvalue weighted by Gasteiger charge is -2.06. The maximum atomic E-state index is 10.9. The van der Waals surface area contributed by atoms with Crippen molar-refractivity contribution >= 4 is 56.4 Å². The van der Waals surface area contributed by atoms with Gasteiger partial charge in [0.1, 0.15) is 17.6 Å². The van der Waals surface area contributed by atoms with Crippen molar-refractivity contribution in [3.63, 3.8) is 0 Å². The van der Waals surface area contributed by atoms with Crippen molar-refractivity contribution in [2.45, 2.75) is 34.6 Å². The number of Topliss-reactive ketones (excluding diaryl/α,β-unsaturated/α-hetero) is 2. The fourth-order valence-electron chi connectivity index (χ4n) is 0.948. The highest BCUT2D eigenvalue weighted by Crippen LogP contribution is 2.02. The van der Waals surface area contributed by atoms with Crippen LogP contribution in [0, 0.1) is 11.8 Å². The summed E-state index contributed by atoms with van der Waals surface area (Å²) < 4.78 is 9.25. The van der Waals surface area contributed by atoms with Crippen LogP contribution in [-0.2, 0) is 28.7 Å². The number of halogens is 2. The van der Waals surface area contributed by atoms with Crippen molar-refractivity contribution in [3.05, 3.63) is 0 Å². The number of hydrogen-bond acceptors (Lipinski definition) is 6. The molecule has 2 atom stereocenters. The first-order valence-electron chi connectivity index (χ1n) is 6.65. The molecule has 0 spiro atoms. The summed E-state index contributed by atoms with van der Waals surface area (Å²) in [5.74, 6) is -2.44. The average molecular weight is 448 g/mol. The number of ether oxygens (including phenoxy) is 2. The topological polar surface area (TPSA) is 86.7 Å². The number of rotatable bonds is 7. The predicted molar refractivity (Wildman–Crippen MR) is 91.4 cm³/mol. The molecule has 0 fully saturated rings. The van der Waals surface area contributed by atoms with E-state index in [-0.39, 0.29) is 33.9 Å². The van der Waals surface area contributed by atoms with Crippen LogP contribution in [0.5, 0.6) is 0 Å². The van der Waals surface area contributed by atoms with Gasteiger partial charge in [0, 0.05) is 0 Å². The van der Waals surface area contributed by atoms with E-state index in [1.54, 1.807) is 27.7 Å². The van der Waals surface area contributed by atoms with Gasteiger partial charge < -0.3 is 9.47 Å². The van der Waals surface area contributed by atoms with Gasteiger partial charge >= 0.3 is 11.9 Å². The van der Waals surface area contributed by atoms with E-state index in [0.717, 1.165) is 0 Å². The quantitative estimate of drug-likeness (QED) is 0.338. The van der Waals surface area contributed by atoms with Gasteiger partial charge in [0.05, 0.1) is 18.5 Å². The molecular weight excluding hydrogens is 424 g/mol. The minimum Gasteiger partial charge on any atom is -0.465 e. The van der Waals surface area contributed by atoms with Gasteiger partial charge in [-0.2, -0.15) is 0 Å². The first kappa shape index (κ1) is 26.2. The van der Waals surface area contributed by atoms with E-state index < -0.39 is 23.8 Å². The molecule has 22 heavy (non-hydrogen) atoms. The van der Waals surface area contributed by atoms with Crippen molar-refractivity contribution in [1.29, 1.82) is 0 Å². The molecule has 0 heterocycles. The molecule has 0 saturated heterocycles. The summed E-state index contributed by atoms with van der Waals surface area (Å²) in [4.78, 5) is 43.1. The molecule has 0 aromatic rings. The largest absolute Gasteiger partial charge is 0.465 e. The molecule has 0 amide bonds. The van der Waals surface area contributed by atoms with Gasteiger partial charge in [0.25, 0.3) is 0 Å². The van der Waals surface area contributed by atoms with E-state index in [1.165, 1.54) is 6.92 Å². The van der Waals surface area contributed by atoms with Crippen molar-refractivity contribution in [3.8, 4) is 0 Å². The average Bonchev–Trinajstić information content (AvgIpc) is 2.45. The van der Waals surface area contributed by atoms with E-state index in [2.05, 4.69) is 25.4 Å². The smallest absolute Gasteiger partial charge is 0.316 e. The number of hydrogen-bond donors (Lipinski definition) is 0. The van der Waals surface area contributed by atoms with E-state index in [0.29, 0.717) is 13.2 Å². The Morgan fingerprint density at radius 1 is 0.909 bits per heavy atom. The number of ketones is 2. The minimum atomic E-state index is -0.644. The molecule has 0 aliphatic heterocycles. The Hall–Kier alpha value is -0.760. The van der Waals surface area contributed by atoms with Crippen LogP contribution in [0.4, 0.5) is 0 Å².